The topological polar surface area (TPSA) is 48.9 Å². The molecule has 1 aromatic carbocycles. The minimum atomic E-state index is -0.205. The van der Waals surface area contributed by atoms with E-state index in [1.165, 1.54) is 31.7 Å². The number of aliphatic imine (C=N–C) groups is 1. The Morgan fingerprint density at radius 1 is 1.29 bits per heavy atom. The molecule has 0 bridgehead atoms. The fourth-order valence-corrected chi connectivity index (χ4v) is 3.96. The molecule has 0 saturated heterocycles. The molecule has 5 nitrogen and oxygen atoms in total. The molecule has 1 fully saturated rings. The second-order valence-electron chi connectivity index (χ2n) is 7.79. The van der Waals surface area contributed by atoms with Crippen LogP contribution in [-0.4, -0.2) is 58.8 Å². The molecule has 1 unspecified atom stereocenters. The van der Waals surface area contributed by atoms with Gasteiger partial charge in [-0.15, -0.1) is 24.0 Å². The second-order valence-corrected chi connectivity index (χ2v) is 7.79. The Bertz CT molecular complexity index is 606. The maximum atomic E-state index is 13.6. The molecule has 2 rings (SSSR count). The van der Waals surface area contributed by atoms with E-state index in [1.54, 1.807) is 26.3 Å². The Balaban J connectivity index is 0.00000392. The van der Waals surface area contributed by atoms with Gasteiger partial charge in [-0.05, 0) is 56.5 Å². The molecule has 0 aliphatic heterocycles. The van der Waals surface area contributed by atoms with Gasteiger partial charge in [0.25, 0.3) is 0 Å². The number of likely N-dealkylation sites (N-methyl/N-ethyl adjacent to an activating group) is 1. The minimum absolute atomic E-state index is 0. The highest BCUT2D eigenvalue weighted by atomic mass is 127. The summed E-state index contributed by atoms with van der Waals surface area (Å²) < 4.78 is 18.9. The van der Waals surface area contributed by atoms with Gasteiger partial charge in [0, 0.05) is 33.9 Å². The summed E-state index contributed by atoms with van der Waals surface area (Å²) in [7, 11) is 7.57. The van der Waals surface area contributed by atoms with Crippen LogP contribution in [0.2, 0.25) is 0 Å². The molecular formula is C21H36FIN4O. The van der Waals surface area contributed by atoms with Crippen molar-refractivity contribution >= 4 is 29.9 Å². The third-order valence-electron chi connectivity index (χ3n) is 5.67. The zero-order chi connectivity index (χ0) is 19.7. The molecule has 1 aliphatic carbocycles. The van der Waals surface area contributed by atoms with Crippen LogP contribution >= 0.6 is 24.0 Å². The number of hydrogen-bond acceptors (Lipinski definition) is 3. The SMILES string of the molecule is CN=C(NCC(c1cccc(F)c1)N(C)C)NCC1(CCOC)CCCC1.I. The molecule has 1 saturated carbocycles. The van der Waals surface area contributed by atoms with Gasteiger partial charge < -0.3 is 20.3 Å². The van der Waals surface area contributed by atoms with Crippen molar-refractivity contribution in [3.8, 4) is 0 Å². The van der Waals surface area contributed by atoms with Crippen molar-refractivity contribution < 1.29 is 9.13 Å². The molecule has 0 heterocycles. The van der Waals surface area contributed by atoms with Gasteiger partial charge in [-0.25, -0.2) is 4.39 Å². The van der Waals surface area contributed by atoms with E-state index in [9.17, 15) is 4.39 Å². The number of nitrogens with one attached hydrogen (secondary N) is 2. The molecule has 1 aliphatic rings. The number of ether oxygens (including phenoxy) is 1. The molecule has 1 aromatic rings. The highest BCUT2D eigenvalue weighted by molar-refractivity contribution is 14.0. The molecule has 1 atom stereocenters. The first-order chi connectivity index (χ1) is 13.0. The van der Waals surface area contributed by atoms with Gasteiger partial charge in [0.15, 0.2) is 5.96 Å². The van der Waals surface area contributed by atoms with E-state index in [-0.39, 0.29) is 35.8 Å². The number of guanidine groups is 1. The van der Waals surface area contributed by atoms with Crippen LogP contribution in [0.1, 0.15) is 43.7 Å². The summed E-state index contributed by atoms with van der Waals surface area (Å²) in [6.45, 7) is 2.36. The number of rotatable bonds is 9. The van der Waals surface area contributed by atoms with Gasteiger partial charge in [0.2, 0.25) is 0 Å². The summed E-state index contributed by atoms with van der Waals surface area (Å²) in [5, 5.41) is 6.92. The first-order valence-corrected chi connectivity index (χ1v) is 9.85. The summed E-state index contributed by atoms with van der Waals surface area (Å²) in [5.41, 5.74) is 1.26. The first kappa shape index (κ1) is 25.1. The highest BCUT2D eigenvalue weighted by Gasteiger charge is 2.33. The first-order valence-electron chi connectivity index (χ1n) is 9.85. The van der Waals surface area contributed by atoms with Crippen molar-refractivity contribution in [2.24, 2.45) is 10.4 Å². The largest absolute Gasteiger partial charge is 0.385 e. The zero-order valence-electron chi connectivity index (χ0n) is 17.6. The van der Waals surface area contributed by atoms with Crippen molar-refractivity contribution in [1.82, 2.24) is 15.5 Å². The fraction of sp³-hybridized carbons (Fsp3) is 0.667. The number of nitrogens with zero attached hydrogens (tertiary/aromatic N) is 2. The Morgan fingerprint density at radius 3 is 2.57 bits per heavy atom. The molecule has 28 heavy (non-hydrogen) atoms. The smallest absolute Gasteiger partial charge is 0.191 e. The monoisotopic (exact) mass is 506 g/mol. The quantitative estimate of drug-likeness (QED) is 0.304. The summed E-state index contributed by atoms with van der Waals surface area (Å²) in [6.07, 6.45) is 6.14. The number of halogens is 2. The average Bonchev–Trinajstić information content (AvgIpc) is 3.12. The number of methoxy groups -OCH3 is 1. The van der Waals surface area contributed by atoms with E-state index < -0.39 is 0 Å². The summed E-state index contributed by atoms with van der Waals surface area (Å²) in [5.74, 6) is 0.588. The van der Waals surface area contributed by atoms with Gasteiger partial charge in [-0.2, -0.15) is 0 Å². The Hall–Kier alpha value is -0.930. The van der Waals surface area contributed by atoms with Crippen molar-refractivity contribution in [3.05, 3.63) is 35.6 Å². The predicted molar refractivity (Wildman–Crippen MR) is 125 cm³/mol. The van der Waals surface area contributed by atoms with Gasteiger partial charge in [0.05, 0.1) is 6.04 Å². The Kier molecular flexibility index (Phi) is 11.3. The van der Waals surface area contributed by atoms with Crippen molar-refractivity contribution in [3.63, 3.8) is 0 Å². The Labute approximate surface area is 186 Å². The molecule has 160 valence electrons. The van der Waals surface area contributed by atoms with Crippen LogP contribution in [0, 0.1) is 11.2 Å². The zero-order valence-corrected chi connectivity index (χ0v) is 20.0. The lowest BCUT2D eigenvalue weighted by molar-refractivity contribution is 0.138. The van der Waals surface area contributed by atoms with Crippen LogP contribution in [0.3, 0.4) is 0 Å². The molecule has 0 amide bonds. The van der Waals surface area contributed by atoms with Gasteiger partial charge in [-0.3, -0.25) is 4.99 Å². The third-order valence-corrected chi connectivity index (χ3v) is 5.67. The van der Waals surface area contributed by atoms with E-state index >= 15 is 0 Å². The van der Waals surface area contributed by atoms with Crippen LogP contribution in [0.25, 0.3) is 0 Å². The van der Waals surface area contributed by atoms with Crippen LogP contribution < -0.4 is 10.6 Å². The molecule has 7 heteroatoms. The van der Waals surface area contributed by atoms with Gasteiger partial charge >= 0.3 is 0 Å². The van der Waals surface area contributed by atoms with Crippen molar-refractivity contribution in [2.75, 3.05) is 47.9 Å². The molecule has 0 radical (unpaired) electrons. The van der Waals surface area contributed by atoms with Crippen LogP contribution in [-0.2, 0) is 4.74 Å². The van der Waals surface area contributed by atoms with Crippen LogP contribution in [0.15, 0.2) is 29.3 Å². The van der Waals surface area contributed by atoms with Gasteiger partial charge in [-0.1, -0.05) is 25.0 Å². The van der Waals surface area contributed by atoms with E-state index in [0.717, 1.165) is 31.1 Å². The highest BCUT2D eigenvalue weighted by Crippen LogP contribution is 2.40. The van der Waals surface area contributed by atoms with Gasteiger partial charge in [0.1, 0.15) is 5.82 Å². The average molecular weight is 506 g/mol. The lowest BCUT2D eigenvalue weighted by atomic mass is 9.83. The van der Waals surface area contributed by atoms with E-state index in [2.05, 4.69) is 20.5 Å². The molecular weight excluding hydrogens is 470 g/mol. The maximum absolute atomic E-state index is 13.6. The van der Waals surface area contributed by atoms with Crippen molar-refractivity contribution in [1.29, 1.82) is 0 Å². The lowest BCUT2D eigenvalue weighted by Gasteiger charge is -2.31. The summed E-state index contributed by atoms with van der Waals surface area (Å²) in [4.78, 5) is 6.46. The maximum Gasteiger partial charge on any atom is 0.191 e. The normalized spacial score (nSPS) is 17.3. The standard InChI is InChI=1S/C21H35FN4O.HI/c1-23-20(25-16-21(12-13-27-4)10-5-6-11-21)24-15-19(26(2)3)17-8-7-9-18(22)14-17;/h7-9,14,19H,5-6,10-13,15-16H2,1-4H3,(H2,23,24,25);1H. The number of hydrogen-bond donors (Lipinski definition) is 2. The summed E-state index contributed by atoms with van der Waals surface area (Å²) in [6, 6.07) is 6.86. The van der Waals surface area contributed by atoms with E-state index in [4.69, 9.17) is 4.74 Å². The molecule has 0 aromatic heterocycles. The minimum Gasteiger partial charge on any atom is -0.385 e. The van der Waals surface area contributed by atoms with Crippen LogP contribution in [0.4, 0.5) is 4.39 Å². The Morgan fingerprint density at radius 2 is 2.00 bits per heavy atom. The van der Waals surface area contributed by atoms with Crippen LogP contribution in [0.5, 0.6) is 0 Å². The van der Waals surface area contributed by atoms with E-state index in [0.29, 0.717) is 12.0 Å². The lowest BCUT2D eigenvalue weighted by Crippen LogP contribution is -2.45. The second kappa shape index (κ2) is 12.6. The third kappa shape index (κ3) is 7.48. The molecule has 2 N–H and O–H groups in total. The molecule has 0 spiro atoms. The number of benzene rings is 1. The predicted octanol–water partition coefficient (Wildman–Crippen LogP) is 3.81. The van der Waals surface area contributed by atoms with E-state index in [1.807, 2.05) is 20.2 Å². The fourth-order valence-electron chi connectivity index (χ4n) is 3.96. The van der Waals surface area contributed by atoms with Crippen molar-refractivity contribution in [2.45, 2.75) is 38.1 Å². The summed E-state index contributed by atoms with van der Waals surface area (Å²) >= 11 is 0.